The van der Waals surface area contributed by atoms with Crippen LogP contribution >= 0.6 is 11.6 Å². The molecule has 1 aliphatic heterocycles. The predicted molar refractivity (Wildman–Crippen MR) is 106 cm³/mol. The van der Waals surface area contributed by atoms with Gasteiger partial charge in [0.25, 0.3) is 11.6 Å². The Morgan fingerprint density at radius 2 is 1.96 bits per heavy atom. The molecule has 0 radical (unpaired) electrons. The molecule has 27 heavy (non-hydrogen) atoms. The molecule has 1 heterocycles. The van der Waals surface area contributed by atoms with Gasteiger partial charge in [-0.3, -0.25) is 14.9 Å². The van der Waals surface area contributed by atoms with Crippen molar-refractivity contribution in [3.63, 3.8) is 0 Å². The summed E-state index contributed by atoms with van der Waals surface area (Å²) in [5.74, 6) is -0.536. The molecule has 2 N–H and O–H groups in total. The van der Waals surface area contributed by atoms with E-state index in [1.165, 1.54) is 18.2 Å². The van der Waals surface area contributed by atoms with Crippen molar-refractivity contribution in [2.24, 2.45) is 0 Å². The van der Waals surface area contributed by atoms with Crippen molar-refractivity contribution in [1.29, 1.82) is 0 Å². The van der Waals surface area contributed by atoms with Crippen LogP contribution in [0.15, 0.2) is 42.5 Å². The molecule has 3 rings (SSSR count). The fourth-order valence-corrected chi connectivity index (χ4v) is 3.58. The van der Waals surface area contributed by atoms with Gasteiger partial charge in [0.05, 0.1) is 48.4 Å². The maximum Gasteiger partial charge on any atom is 0.282 e. The van der Waals surface area contributed by atoms with Gasteiger partial charge in [-0.1, -0.05) is 23.7 Å². The third-order valence-corrected chi connectivity index (χ3v) is 5.16. The van der Waals surface area contributed by atoms with E-state index in [9.17, 15) is 14.9 Å². The number of benzene rings is 2. The third kappa shape index (κ3) is 4.37. The quantitative estimate of drug-likeness (QED) is 0.607. The van der Waals surface area contributed by atoms with E-state index in [1.807, 2.05) is 6.07 Å². The second-order valence-corrected chi connectivity index (χ2v) is 6.89. The molecule has 0 atom stereocenters. The van der Waals surface area contributed by atoms with Crippen LogP contribution in [0.1, 0.15) is 17.3 Å². The van der Waals surface area contributed by atoms with E-state index in [0.717, 1.165) is 38.4 Å². The van der Waals surface area contributed by atoms with Gasteiger partial charge in [0, 0.05) is 11.8 Å². The van der Waals surface area contributed by atoms with Crippen molar-refractivity contribution in [3.8, 4) is 0 Å². The van der Waals surface area contributed by atoms with Gasteiger partial charge >= 0.3 is 0 Å². The summed E-state index contributed by atoms with van der Waals surface area (Å²) >= 11 is 6.44. The molecule has 2 aromatic carbocycles. The molecule has 0 aliphatic carbocycles. The highest BCUT2D eigenvalue weighted by Crippen LogP contribution is 2.29. The molecule has 1 aliphatic rings. The summed E-state index contributed by atoms with van der Waals surface area (Å²) in [6.07, 6.45) is 0. The number of rotatable bonds is 5. The predicted octanol–water partition coefficient (Wildman–Crippen LogP) is 2.23. The Balaban J connectivity index is 1.73. The number of halogens is 1. The normalized spacial score (nSPS) is 14.8. The molecule has 0 unspecified atom stereocenters. The molecular weight excluding hydrogens is 368 g/mol. The molecule has 1 fully saturated rings. The average molecular weight is 390 g/mol. The summed E-state index contributed by atoms with van der Waals surface area (Å²) in [7, 11) is 0. The largest absolute Gasteiger partial charge is 0.359 e. The lowest BCUT2D eigenvalue weighted by atomic mass is 10.1. The molecular formula is C19H22ClN4O3+. The third-order valence-electron chi connectivity index (χ3n) is 4.86. The SMILES string of the molecule is CC[NH+]1CCN(c2ccc(NC(=O)c3ccccc3[N+](=O)[O-])cc2Cl)CC1. The zero-order chi connectivity index (χ0) is 19.4. The van der Waals surface area contributed by atoms with E-state index < -0.39 is 10.8 Å². The van der Waals surface area contributed by atoms with Crippen LogP contribution in [-0.2, 0) is 0 Å². The first-order valence-corrected chi connectivity index (χ1v) is 9.30. The minimum Gasteiger partial charge on any atom is -0.359 e. The first-order chi connectivity index (χ1) is 13.0. The molecule has 0 spiro atoms. The van der Waals surface area contributed by atoms with E-state index in [4.69, 9.17) is 11.6 Å². The molecule has 142 valence electrons. The summed E-state index contributed by atoms with van der Waals surface area (Å²) in [6, 6.07) is 11.2. The fourth-order valence-electron chi connectivity index (χ4n) is 3.28. The van der Waals surface area contributed by atoms with Crippen LogP contribution in [0.4, 0.5) is 17.1 Å². The van der Waals surface area contributed by atoms with Crippen molar-refractivity contribution in [3.05, 3.63) is 63.2 Å². The lowest BCUT2D eigenvalue weighted by Gasteiger charge is -2.33. The number of nitro groups is 1. The van der Waals surface area contributed by atoms with Crippen molar-refractivity contribution in [1.82, 2.24) is 0 Å². The Labute approximate surface area is 162 Å². The minimum absolute atomic E-state index is 0.0151. The number of nitrogens with one attached hydrogen (secondary N) is 2. The Morgan fingerprint density at radius 1 is 1.26 bits per heavy atom. The van der Waals surface area contributed by atoms with E-state index in [1.54, 1.807) is 23.1 Å². The Morgan fingerprint density at radius 3 is 2.59 bits per heavy atom. The lowest BCUT2D eigenvalue weighted by molar-refractivity contribution is -0.898. The molecule has 7 nitrogen and oxygen atoms in total. The zero-order valence-corrected chi connectivity index (χ0v) is 15.8. The number of amides is 1. The van der Waals surface area contributed by atoms with Gasteiger partial charge < -0.3 is 15.1 Å². The second kappa shape index (κ2) is 8.37. The van der Waals surface area contributed by atoms with Gasteiger partial charge in [0.1, 0.15) is 5.56 Å². The number of carbonyl (C=O) groups is 1. The van der Waals surface area contributed by atoms with Gasteiger partial charge in [0.15, 0.2) is 0 Å². The van der Waals surface area contributed by atoms with Gasteiger partial charge in [0.2, 0.25) is 0 Å². The maximum absolute atomic E-state index is 12.4. The standard InChI is InChI=1S/C19H21ClN4O3/c1-2-22-9-11-23(12-10-22)18-8-7-14(13-16(18)20)21-19(25)15-5-3-4-6-17(15)24(26)27/h3-8,13H,2,9-12H2,1H3,(H,21,25)/p+1. The number of hydrogen-bond acceptors (Lipinski definition) is 4. The minimum atomic E-state index is -0.567. The second-order valence-electron chi connectivity index (χ2n) is 6.49. The van der Waals surface area contributed by atoms with Crippen LogP contribution in [0.3, 0.4) is 0 Å². The highest BCUT2D eigenvalue weighted by molar-refractivity contribution is 6.33. The number of piperazine rings is 1. The van der Waals surface area contributed by atoms with Crippen LogP contribution < -0.4 is 15.1 Å². The number of nitro benzene ring substituents is 1. The molecule has 2 aromatic rings. The van der Waals surface area contributed by atoms with Gasteiger partial charge in [-0.2, -0.15) is 0 Å². The van der Waals surface area contributed by atoms with Crippen LogP contribution in [0.2, 0.25) is 5.02 Å². The molecule has 0 aromatic heterocycles. The van der Waals surface area contributed by atoms with Crippen LogP contribution in [0.5, 0.6) is 0 Å². The molecule has 1 amide bonds. The number of likely N-dealkylation sites (N-methyl/N-ethyl adjacent to an activating group) is 1. The summed E-state index contributed by atoms with van der Waals surface area (Å²) in [4.78, 5) is 26.8. The Kier molecular flexibility index (Phi) is 5.93. The van der Waals surface area contributed by atoms with Crippen LogP contribution in [0.25, 0.3) is 0 Å². The number of carbonyl (C=O) groups excluding carboxylic acids is 1. The zero-order valence-electron chi connectivity index (χ0n) is 15.1. The summed E-state index contributed by atoms with van der Waals surface area (Å²) in [6.45, 7) is 7.33. The number of quaternary nitrogens is 1. The van der Waals surface area contributed by atoms with E-state index in [0.29, 0.717) is 10.7 Å². The molecule has 0 saturated carbocycles. The number of hydrogen-bond donors (Lipinski definition) is 2. The summed E-state index contributed by atoms with van der Waals surface area (Å²) < 4.78 is 0. The summed E-state index contributed by atoms with van der Waals surface area (Å²) in [5, 5.41) is 14.3. The van der Waals surface area contributed by atoms with Gasteiger partial charge in [-0.05, 0) is 31.2 Å². The average Bonchev–Trinajstić information content (AvgIpc) is 2.68. The van der Waals surface area contributed by atoms with E-state index in [-0.39, 0.29) is 11.3 Å². The number of nitrogens with zero attached hydrogens (tertiary/aromatic N) is 2. The van der Waals surface area contributed by atoms with E-state index in [2.05, 4.69) is 17.1 Å². The molecule has 0 bridgehead atoms. The highest BCUT2D eigenvalue weighted by Gasteiger charge is 2.22. The molecule has 8 heteroatoms. The first-order valence-electron chi connectivity index (χ1n) is 8.92. The Hall–Kier alpha value is -2.64. The van der Waals surface area contributed by atoms with Crippen molar-refractivity contribution >= 4 is 34.6 Å². The maximum atomic E-state index is 12.4. The van der Waals surface area contributed by atoms with Crippen LogP contribution in [0, 0.1) is 10.1 Å². The van der Waals surface area contributed by atoms with Crippen molar-refractivity contribution in [2.45, 2.75) is 6.92 Å². The van der Waals surface area contributed by atoms with Crippen molar-refractivity contribution < 1.29 is 14.6 Å². The number of anilines is 2. The fraction of sp³-hybridized carbons (Fsp3) is 0.316. The number of para-hydroxylation sites is 1. The van der Waals surface area contributed by atoms with Crippen LogP contribution in [-0.4, -0.2) is 43.6 Å². The molecule has 1 saturated heterocycles. The van der Waals surface area contributed by atoms with Gasteiger partial charge in [-0.15, -0.1) is 0 Å². The first kappa shape index (κ1) is 19.1. The van der Waals surface area contributed by atoms with Crippen molar-refractivity contribution in [2.75, 3.05) is 42.9 Å². The topological polar surface area (TPSA) is 79.9 Å². The van der Waals surface area contributed by atoms with E-state index >= 15 is 0 Å². The highest BCUT2D eigenvalue weighted by atomic mass is 35.5. The Bertz CT molecular complexity index is 851. The summed E-state index contributed by atoms with van der Waals surface area (Å²) in [5.41, 5.74) is 1.23. The monoisotopic (exact) mass is 389 g/mol. The smallest absolute Gasteiger partial charge is 0.282 e. The lowest BCUT2D eigenvalue weighted by Crippen LogP contribution is -3.14. The van der Waals surface area contributed by atoms with Gasteiger partial charge in [-0.25, -0.2) is 0 Å².